The van der Waals surface area contributed by atoms with Crippen LogP contribution in [0.4, 0.5) is 30.7 Å². The second-order valence-electron chi connectivity index (χ2n) is 10.5. The second-order valence-corrected chi connectivity index (χ2v) is 12.6. The van der Waals surface area contributed by atoms with E-state index >= 15 is 0 Å². The summed E-state index contributed by atoms with van der Waals surface area (Å²) in [5.41, 5.74) is -6.16. The Morgan fingerprint density at radius 3 is 2.21 bits per heavy atom. The first-order valence-electron chi connectivity index (χ1n) is 12.9. The molecule has 43 heavy (non-hydrogen) atoms. The number of hydrogen-bond donors (Lipinski definition) is 3. The van der Waals surface area contributed by atoms with Crippen molar-refractivity contribution in [1.29, 1.82) is 0 Å². The molecule has 3 unspecified atom stereocenters. The lowest BCUT2D eigenvalue weighted by molar-refractivity contribution is -0.376. The molecule has 3 N–H and O–H groups in total. The van der Waals surface area contributed by atoms with Gasteiger partial charge in [0.15, 0.2) is 9.84 Å². The van der Waals surface area contributed by atoms with Crippen molar-refractivity contribution in [2.45, 2.75) is 52.9 Å². The van der Waals surface area contributed by atoms with E-state index in [2.05, 4.69) is 15.6 Å². The lowest BCUT2D eigenvalue weighted by Crippen LogP contribution is -2.54. The van der Waals surface area contributed by atoms with Crippen molar-refractivity contribution in [2.75, 3.05) is 6.67 Å². The first-order chi connectivity index (χ1) is 20.0. The minimum atomic E-state index is -6.12. The van der Waals surface area contributed by atoms with Crippen molar-refractivity contribution in [3.63, 3.8) is 0 Å². The van der Waals surface area contributed by atoms with Gasteiger partial charge in [-0.15, -0.1) is 0 Å². The molecule has 1 saturated carbocycles. The number of benzene rings is 2. The molecule has 1 heterocycles. The Morgan fingerprint density at radius 1 is 0.977 bits per heavy atom. The lowest BCUT2D eigenvalue weighted by atomic mass is 9.84. The highest BCUT2D eigenvalue weighted by molar-refractivity contribution is 7.92. The van der Waals surface area contributed by atoms with Gasteiger partial charge in [0.1, 0.15) is 10.6 Å². The molecule has 2 aromatic carbocycles. The van der Waals surface area contributed by atoms with Gasteiger partial charge in [0.25, 0.3) is 5.60 Å². The number of hydrogen-bond acceptors (Lipinski definition) is 6. The summed E-state index contributed by atoms with van der Waals surface area (Å²) in [6.45, 7) is -0.193. The molecule has 1 amide bonds. The Labute approximate surface area is 241 Å². The van der Waals surface area contributed by atoms with Crippen molar-refractivity contribution < 1.29 is 49.1 Å². The van der Waals surface area contributed by atoms with Crippen molar-refractivity contribution in [3.8, 4) is 0 Å². The van der Waals surface area contributed by atoms with Gasteiger partial charge in [0.2, 0.25) is 5.91 Å². The average Bonchev–Trinajstić information content (AvgIpc) is 3.61. The highest BCUT2D eigenvalue weighted by atomic mass is 32.2. The van der Waals surface area contributed by atoms with E-state index in [9.17, 15) is 49.1 Å². The summed E-state index contributed by atoms with van der Waals surface area (Å²) in [6.07, 6.45) is -9.24. The fourth-order valence-electron chi connectivity index (χ4n) is 6.01. The van der Waals surface area contributed by atoms with Crippen LogP contribution in [-0.2, 0) is 37.8 Å². The summed E-state index contributed by atoms with van der Waals surface area (Å²) >= 11 is 0. The van der Waals surface area contributed by atoms with Crippen LogP contribution >= 0.6 is 0 Å². The van der Waals surface area contributed by atoms with Crippen molar-refractivity contribution >= 4 is 15.7 Å². The summed E-state index contributed by atoms with van der Waals surface area (Å²) in [4.78, 5) is 16.0. The van der Waals surface area contributed by atoms with Crippen LogP contribution in [0, 0.1) is 11.7 Å². The minimum Gasteiger partial charge on any atom is -0.369 e. The van der Waals surface area contributed by atoms with Crippen LogP contribution < -0.4 is 10.6 Å². The summed E-state index contributed by atoms with van der Waals surface area (Å²) < 4.78 is 121. The fraction of sp³-hybridized carbons (Fsp3) is 0.357. The van der Waals surface area contributed by atoms with Crippen LogP contribution in [0.2, 0.25) is 0 Å². The first-order valence-corrected chi connectivity index (χ1v) is 14.4. The van der Waals surface area contributed by atoms with Gasteiger partial charge in [-0.25, -0.2) is 12.8 Å². The Morgan fingerprint density at radius 2 is 1.60 bits per heavy atom. The van der Waals surface area contributed by atoms with Crippen LogP contribution in [0.1, 0.15) is 28.7 Å². The molecule has 2 aliphatic carbocycles. The number of nitrogens with zero attached hydrogens (tertiary/aromatic N) is 1. The monoisotopic (exact) mass is 631 g/mol. The van der Waals surface area contributed by atoms with Crippen LogP contribution in [0.15, 0.2) is 71.9 Å². The lowest BCUT2D eigenvalue weighted by Gasteiger charge is -2.34. The Bertz CT molecular complexity index is 1620. The maximum atomic E-state index is 14.1. The number of nitrogens with one attached hydrogen (secondary N) is 2. The predicted octanol–water partition coefficient (Wildman–Crippen LogP) is 4.05. The SMILES string of the molecule is O=C(Cc1ccncc1)NCNC1C2CCc3cc(C(O)(C(F)(F)F)C(F)(F)F)ccc3C21S(=O)(=O)c1ccc(F)cc1. The largest absolute Gasteiger partial charge is 0.430 e. The van der Waals surface area contributed by atoms with E-state index in [0.717, 1.165) is 30.3 Å². The molecule has 3 atom stereocenters. The number of halogens is 7. The number of aliphatic hydroxyl groups is 1. The van der Waals surface area contributed by atoms with Gasteiger partial charge in [-0.1, -0.05) is 18.2 Å². The molecule has 1 fully saturated rings. The topological polar surface area (TPSA) is 108 Å². The minimum absolute atomic E-state index is 0.00421. The highest BCUT2D eigenvalue weighted by Gasteiger charge is 2.75. The molecule has 7 nitrogen and oxygen atoms in total. The molecule has 3 aromatic rings. The van der Waals surface area contributed by atoms with Gasteiger partial charge < -0.3 is 10.4 Å². The number of carbonyl (C=O) groups excluding carboxylic acids is 1. The highest BCUT2D eigenvalue weighted by Crippen LogP contribution is 2.65. The van der Waals surface area contributed by atoms with E-state index in [1.54, 1.807) is 12.1 Å². The van der Waals surface area contributed by atoms with E-state index < -0.39 is 61.8 Å². The van der Waals surface area contributed by atoms with E-state index in [4.69, 9.17) is 0 Å². The quantitative estimate of drug-likeness (QED) is 0.197. The average molecular weight is 632 g/mol. The summed E-state index contributed by atoms with van der Waals surface area (Å²) in [6, 6.07) is 8.09. The van der Waals surface area contributed by atoms with Gasteiger partial charge in [-0.2, -0.15) is 26.3 Å². The van der Waals surface area contributed by atoms with E-state index in [1.165, 1.54) is 12.4 Å². The van der Waals surface area contributed by atoms with Gasteiger partial charge in [0.05, 0.1) is 18.0 Å². The van der Waals surface area contributed by atoms with Gasteiger partial charge >= 0.3 is 12.4 Å². The molecular weight excluding hydrogens is 607 g/mol. The first kappa shape index (κ1) is 30.9. The third-order valence-electron chi connectivity index (χ3n) is 8.09. The van der Waals surface area contributed by atoms with Gasteiger partial charge in [-0.3, -0.25) is 15.1 Å². The smallest absolute Gasteiger partial charge is 0.369 e. The van der Waals surface area contributed by atoms with Crippen LogP contribution in [-0.4, -0.2) is 49.5 Å². The molecule has 0 radical (unpaired) electrons. The third kappa shape index (κ3) is 4.96. The molecule has 0 aliphatic heterocycles. The summed E-state index contributed by atoms with van der Waals surface area (Å²) in [5, 5.41) is 15.5. The van der Waals surface area contributed by atoms with Crippen molar-refractivity contribution in [1.82, 2.24) is 15.6 Å². The maximum absolute atomic E-state index is 14.1. The zero-order valence-corrected chi connectivity index (χ0v) is 22.8. The second kappa shape index (κ2) is 10.6. The van der Waals surface area contributed by atoms with E-state index in [0.29, 0.717) is 17.7 Å². The maximum Gasteiger partial charge on any atom is 0.430 e. The molecule has 2 aliphatic rings. The Kier molecular flexibility index (Phi) is 7.58. The molecule has 0 saturated heterocycles. The summed E-state index contributed by atoms with van der Waals surface area (Å²) in [5.74, 6) is -1.80. The Balaban J connectivity index is 1.51. The summed E-state index contributed by atoms with van der Waals surface area (Å²) in [7, 11) is -4.43. The van der Waals surface area contributed by atoms with Crippen molar-refractivity contribution in [3.05, 3.63) is 95.1 Å². The number of carbonyl (C=O) groups is 1. The van der Waals surface area contributed by atoms with Crippen LogP contribution in [0.25, 0.3) is 0 Å². The van der Waals surface area contributed by atoms with Gasteiger partial charge in [-0.05, 0) is 65.9 Å². The molecule has 230 valence electrons. The molecule has 5 rings (SSSR count). The van der Waals surface area contributed by atoms with E-state index in [-0.39, 0.29) is 42.0 Å². The number of alkyl halides is 6. The third-order valence-corrected chi connectivity index (χ3v) is 10.6. The number of amides is 1. The number of sulfone groups is 1. The standard InChI is InChI=1S/C28H24F7N3O4S/c29-19-3-5-20(6-4-19)43(41,42)25-21-8-2-18(26(40,27(30,31)32)28(33,34)35)14-17(21)1-7-22(25)24(25)38-15-37-23(39)13-16-9-11-36-12-10-16/h2-6,8-12,14,22,24,38,40H,1,7,13,15H2,(H,37,39). The number of aryl methyl sites for hydroxylation is 1. The zero-order valence-electron chi connectivity index (χ0n) is 22.0. The molecule has 15 heteroatoms. The predicted molar refractivity (Wildman–Crippen MR) is 137 cm³/mol. The fourth-order valence-corrected chi connectivity index (χ4v) is 8.55. The molecule has 0 bridgehead atoms. The molecule has 1 aromatic heterocycles. The number of fused-ring (bicyclic) bond motifs is 3. The molecular formula is C28H24F7N3O4S. The normalized spacial score (nSPS) is 22.0. The van der Waals surface area contributed by atoms with Gasteiger partial charge in [0, 0.05) is 29.9 Å². The van der Waals surface area contributed by atoms with Crippen molar-refractivity contribution in [2.24, 2.45) is 5.92 Å². The van der Waals surface area contributed by atoms with Crippen LogP contribution in [0.3, 0.4) is 0 Å². The number of rotatable bonds is 8. The Hall–Kier alpha value is -3.56. The van der Waals surface area contributed by atoms with E-state index in [1.807, 2.05) is 0 Å². The molecule has 0 spiro atoms. The number of aromatic nitrogens is 1. The number of pyridine rings is 1. The van der Waals surface area contributed by atoms with Crippen LogP contribution in [0.5, 0.6) is 0 Å². The zero-order chi connectivity index (χ0) is 31.4.